The standard InChI is InChI=1S/C15H23FN2O/c1-10(5-4-6-12(3)17)15(19)18-14-8-7-13(16)9-11(14)2/h7-10,12H,4-6,17H2,1-3H3,(H,18,19). The van der Waals surface area contributed by atoms with Gasteiger partial charge >= 0.3 is 0 Å². The molecular weight excluding hydrogens is 243 g/mol. The van der Waals surface area contributed by atoms with E-state index in [4.69, 9.17) is 5.73 Å². The Labute approximate surface area is 114 Å². The average molecular weight is 266 g/mol. The molecule has 1 amide bonds. The van der Waals surface area contributed by atoms with E-state index in [0.29, 0.717) is 5.69 Å². The summed E-state index contributed by atoms with van der Waals surface area (Å²) in [5.41, 5.74) is 7.08. The fourth-order valence-corrected chi connectivity index (χ4v) is 1.90. The molecule has 3 N–H and O–H groups in total. The van der Waals surface area contributed by atoms with Gasteiger partial charge in [0, 0.05) is 17.6 Å². The lowest BCUT2D eigenvalue weighted by molar-refractivity contribution is -0.119. The second-order valence-corrected chi connectivity index (χ2v) is 5.26. The average Bonchev–Trinajstić information content (AvgIpc) is 2.32. The van der Waals surface area contributed by atoms with Gasteiger partial charge in [-0.2, -0.15) is 0 Å². The molecule has 0 saturated heterocycles. The Bertz CT molecular complexity index is 432. The highest BCUT2D eigenvalue weighted by atomic mass is 19.1. The smallest absolute Gasteiger partial charge is 0.227 e. The van der Waals surface area contributed by atoms with Gasteiger partial charge in [0.25, 0.3) is 0 Å². The number of halogens is 1. The topological polar surface area (TPSA) is 55.1 Å². The molecule has 1 aromatic carbocycles. The molecule has 106 valence electrons. The summed E-state index contributed by atoms with van der Waals surface area (Å²) in [5, 5.41) is 2.84. The van der Waals surface area contributed by atoms with E-state index in [1.54, 1.807) is 13.0 Å². The number of benzene rings is 1. The van der Waals surface area contributed by atoms with Crippen LogP contribution >= 0.6 is 0 Å². The monoisotopic (exact) mass is 266 g/mol. The maximum atomic E-state index is 13.0. The Morgan fingerprint density at radius 2 is 2.05 bits per heavy atom. The van der Waals surface area contributed by atoms with Crippen molar-refractivity contribution in [3.05, 3.63) is 29.6 Å². The van der Waals surface area contributed by atoms with Crippen LogP contribution in [-0.2, 0) is 4.79 Å². The zero-order valence-corrected chi connectivity index (χ0v) is 11.9. The molecular formula is C15H23FN2O. The summed E-state index contributed by atoms with van der Waals surface area (Å²) < 4.78 is 13.0. The third-order valence-electron chi connectivity index (χ3n) is 3.19. The number of carbonyl (C=O) groups is 1. The number of anilines is 1. The SMILES string of the molecule is Cc1cc(F)ccc1NC(=O)C(C)CCCC(C)N. The number of nitrogens with two attached hydrogens (primary N) is 1. The van der Waals surface area contributed by atoms with Gasteiger partial charge in [0.2, 0.25) is 5.91 Å². The summed E-state index contributed by atoms with van der Waals surface area (Å²) in [5.74, 6) is -0.386. The third kappa shape index (κ3) is 5.39. The van der Waals surface area contributed by atoms with Crippen LogP contribution in [0, 0.1) is 18.7 Å². The molecule has 1 rings (SSSR count). The van der Waals surface area contributed by atoms with Gasteiger partial charge in [-0.25, -0.2) is 4.39 Å². The number of carbonyl (C=O) groups excluding carboxylic acids is 1. The lowest BCUT2D eigenvalue weighted by Gasteiger charge is -2.14. The van der Waals surface area contributed by atoms with Crippen LogP contribution in [0.2, 0.25) is 0 Å². The summed E-state index contributed by atoms with van der Waals surface area (Å²) in [6.07, 6.45) is 2.68. The van der Waals surface area contributed by atoms with E-state index in [1.807, 2.05) is 13.8 Å². The van der Waals surface area contributed by atoms with Crippen molar-refractivity contribution in [1.29, 1.82) is 0 Å². The van der Waals surface area contributed by atoms with Gasteiger partial charge in [0.05, 0.1) is 0 Å². The molecule has 0 radical (unpaired) electrons. The predicted octanol–water partition coefficient (Wildman–Crippen LogP) is 3.23. The molecule has 0 aliphatic carbocycles. The largest absolute Gasteiger partial charge is 0.328 e. The maximum Gasteiger partial charge on any atom is 0.227 e. The van der Waals surface area contributed by atoms with Crippen LogP contribution in [0.15, 0.2) is 18.2 Å². The first kappa shape index (κ1) is 15.6. The molecule has 1 aromatic rings. The van der Waals surface area contributed by atoms with Gasteiger partial charge in [0.15, 0.2) is 0 Å². The molecule has 0 aliphatic rings. The minimum absolute atomic E-state index is 0.0283. The maximum absolute atomic E-state index is 13.0. The van der Waals surface area contributed by atoms with Gasteiger partial charge in [-0.05, 0) is 50.5 Å². The first-order valence-corrected chi connectivity index (χ1v) is 6.72. The van der Waals surface area contributed by atoms with Crippen LogP contribution in [0.5, 0.6) is 0 Å². The zero-order chi connectivity index (χ0) is 14.4. The summed E-state index contributed by atoms with van der Waals surface area (Å²) in [6, 6.07) is 4.53. The molecule has 3 nitrogen and oxygen atoms in total. The minimum Gasteiger partial charge on any atom is -0.328 e. The van der Waals surface area contributed by atoms with Crippen LogP contribution in [0.1, 0.15) is 38.7 Å². The Kier molecular flexibility index (Phi) is 5.96. The molecule has 19 heavy (non-hydrogen) atoms. The second kappa shape index (κ2) is 7.24. The van der Waals surface area contributed by atoms with E-state index < -0.39 is 0 Å². The predicted molar refractivity (Wildman–Crippen MR) is 76.4 cm³/mol. The van der Waals surface area contributed by atoms with Crippen LogP contribution in [-0.4, -0.2) is 11.9 Å². The lowest BCUT2D eigenvalue weighted by Crippen LogP contribution is -2.22. The molecule has 4 heteroatoms. The van der Waals surface area contributed by atoms with Gasteiger partial charge in [0.1, 0.15) is 5.82 Å². The summed E-state index contributed by atoms with van der Waals surface area (Å²) in [4.78, 5) is 12.0. The highest BCUT2D eigenvalue weighted by Crippen LogP contribution is 2.18. The van der Waals surface area contributed by atoms with Gasteiger partial charge in [-0.15, -0.1) is 0 Å². The first-order chi connectivity index (χ1) is 8.90. The quantitative estimate of drug-likeness (QED) is 0.830. The zero-order valence-electron chi connectivity index (χ0n) is 11.9. The van der Waals surface area contributed by atoms with Gasteiger partial charge < -0.3 is 11.1 Å². The van der Waals surface area contributed by atoms with Crippen molar-refractivity contribution < 1.29 is 9.18 Å². The molecule has 0 saturated carbocycles. The number of hydrogen-bond acceptors (Lipinski definition) is 2. The summed E-state index contributed by atoms with van der Waals surface area (Å²) >= 11 is 0. The van der Waals surface area contributed by atoms with Crippen molar-refractivity contribution >= 4 is 11.6 Å². The molecule has 0 spiro atoms. The summed E-state index contributed by atoms with van der Waals surface area (Å²) in [7, 11) is 0. The third-order valence-corrected chi connectivity index (χ3v) is 3.19. The van der Waals surface area contributed by atoms with Crippen molar-refractivity contribution in [1.82, 2.24) is 0 Å². The summed E-state index contributed by atoms with van der Waals surface area (Å²) in [6.45, 7) is 5.64. The van der Waals surface area contributed by atoms with Crippen molar-refractivity contribution in [2.24, 2.45) is 11.7 Å². The first-order valence-electron chi connectivity index (χ1n) is 6.72. The van der Waals surface area contributed by atoms with E-state index in [-0.39, 0.29) is 23.7 Å². The molecule has 2 unspecified atom stereocenters. The molecule has 0 fully saturated rings. The highest BCUT2D eigenvalue weighted by Gasteiger charge is 2.14. The van der Waals surface area contributed by atoms with Gasteiger partial charge in [-0.1, -0.05) is 13.3 Å². The number of rotatable bonds is 6. The molecule has 0 aliphatic heterocycles. The second-order valence-electron chi connectivity index (χ2n) is 5.26. The van der Waals surface area contributed by atoms with Crippen molar-refractivity contribution in [3.63, 3.8) is 0 Å². The Morgan fingerprint density at radius 1 is 1.37 bits per heavy atom. The van der Waals surface area contributed by atoms with Crippen LogP contribution in [0.3, 0.4) is 0 Å². The number of aryl methyl sites for hydroxylation is 1. The molecule has 2 atom stereocenters. The van der Waals surface area contributed by atoms with E-state index in [1.165, 1.54) is 12.1 Å². The van der Waals surface area contributed by atoms with E-state index in [0.717, 1.165) is 24.8 Å². The van der Waals surface area contributed by atoms with E-state index in [2.05, 4.69) is 5.32 Å². The number of hydrogen-bond donors (Lipinski definition) is 2. The Balaban J connectivity index is 2.49. The minimum atomic E-state index is -0.291. The van der Waals surface area contributed by atoms with Crippen LogP contribution < -0.4 is 11.1 Å². The molecule has 0 bridgehead atoms. The van der Waals surface area contributed by atoms with Crippen molar-refractivity contribution in [2.75, 3.05) is 5.32 Å². The number of nitrogens with one attached hydrogen (secondary N) is 1. The van der Waals surface area contributed by atoms with E-state index >= 15 is 0 Å². The van der Waals surface area contributed by atoms with E-state index in [9.17, 15) is 9.18 Å². The van der Waals surface area contributed by atoms with Crippen molar-refractivity contribution in [3.8, 4) is 0 Å². The van der Waals surface area contributed by atoms with Gasteiger partial charge in [-0.3, -0.25) is 4.79 Å². The van der Waals surface area contributed by atoms with Crippen molar-refractivity contribution in [2.45, 2.75) is 46.1 Å². The number of amides is 1. The fourth-order valence-electron chi connectivity index (χ4n) is 1.90. The van der Waals surface area contributed by atoms with Crippen LogP contribution in [0.25, 0.3) is 0 Å². The Hall–Kier alpha value is -1.42. The molecule has 0 heterocycles. The lowest BCUT2D eigenvalue weighted by atomic mass is 10.0. The fraction of sp³-hybridized carbons (Fsp3) is 0.533. The Morgan fingerprint density at radius 3 is 2.63 bits per heavy atom. The molecule has 0 aromatic heterocycles. The van der Waals surface area contributed by atoms with Crippen LogP contribution in [0.4, 0.5) is 10.1 Å². The normalized spacial score (nSPS) is 13.9. The highest BCUT2D eigenvalue weighted by molar-refractivity contribution is 5.92.